The van der Waals surface area contributed by atoms with Crippen molar-refractivity contribution in [3.63, 3.8) is 0 Å². The van der Waals surface area contributed by atoms with Crippen LogP contribution in [0.5, 0.6) is 11.5 Å². The first-order valence-corrected chi connectivity index (χ1v) is 14.5. The van der Waals surface area contributed by atoms with Gasteiger partial charge in [-0.3, -0.25) is 14.4 Å². The molecule has 3 aromatic rings. The summed E-state index contributed by atoms with van der Waals surface area (Å²) in [5.74, 6) is 1.11. The number of ether oxygens (including phenoxy) is 3. The fraction of sp³-hybridized carbons (Fsp3) is 0.382. The molecule has 1 N–H and O–H groups in total. The van der Waals surface area contributed by atoms with Crippen molar-refractivity contribution in [1.29, 1.82) is 0 Å². The van der Waals surface area contributed by atoms with E-state index in [1.165, 1.54) is 0 Å². The fourth-order valence-corrected chi connectivity index (χ4v) is 4.97. The van der Waals surface area contributed by atoms with Gasteiger partial charge in [-0.05, 0) is 100 Å². The van der Waals surface area contributed by atoms with Crippen LogP contribution < -0.4 is 14.8 Å². The third kappa shape index (κ3) is 8.93. The van der Waals surface area contributed by atoms with Crippen LogP contribution in [0.4, 0.5) is 0 Å². The maximum absolute atomic E-state index is 12.6. The summed E-state index contributed by atoms with van der Waals surface area (Å²) in [5.41, 5.74) is 2.25. The molecule has 0 heterocycles. The Kier molecular flexibility index (Phi) is 10.9. The van der Waals surface area contributed by atoms with Crippen molar-refractivity contribution in [1.82, 2.24) is 5.32 Å². The first kappa shape index (κ1) is 29.8. The van der Waals surface area contributed by atoms with Crippen LogP contribution in [0.2, 0.25) is 0 Å². The van der Waals surface area contributed by atoms with Gasteiger partial charge in [0.2, 0.25) is 0 Å². The Bertz CT molecular complexity index is 1260. The molecule has 1 aliphatic rings. The maximum atomic E-state index is 12.6. The van der Waals surface area contributed by atoms with Crippen molar-refractivity contribution in [3.8, 4) is 11.5 Å². The lowest BCUT2D eigenvalue weighted by molar-refractivity contribution is -0.149. The Morgan fingerprint density at radius 1 is 0.829 bits per heavy atom. The quantitative estimate of drug-likeness (QED) is 0.143. The summed E-state index contributed by atoms with van der Waals surface area (Å²) in [6, 6.07) is 24.2. The molecule has 4 rings (SSSR count). The highest BCUT2D eigenvalue weighted by Gasteiger charge is 2.28. The largest absolute Gasteiger partial charge is 0.490 e. The van der Waals surface area contributed by atoms with Crippen LogP contribution in [0.3, 0.4) is 0 Å². The van der Waals surface area contributed by atoms with Gasteiger partial charge in [0.25, 0.3) is 5.91 Å². The van der Waals surface area contributed by atoms with E-state index in [1.807, 2.05) is 56.3 Å². The zero-order valence-electron chi connectivity index (χ0n) is 23.8. The van der Waals surface area contributed by atoms with Gasteiger partial charge in [-0.2, -0.15) is 0 Å². The monoisotopic (exact) mass is 557 g/mol. The maximum Gasteiger partial charge on any atom is 0.308 e. The number of nitrogens with one attached hydrogen (secondary N) is 1. The first-order chi connectivity index (χ1) is 19.9. The van der Waals surface area contributed by atoms with Crippen molar-refractivity contribution in [3.05, 3.63) is 95.6 Å². The third-order valence-corrected chi connectivity index (χ3v) is 7.34. The van der Waals surface area contributed by atoms with Gasteiger partial charge in [0, 0.05) is 24.1 Å². The standard InChI is InChI=1S/C34H39NO6/c1-3-39-34(38)28-15-21-31(22-16-28)41-30-17-11-26(12-18-30)32(36)10-7-23-35-33(37)27-13-19-29(20-14-27)40-24(2)25-8-5-4-6-9-25/h4-6,8-9,11-14,17-20,24,28,31H,3,7,10,15-16,21-23H2,1-2H3,(H,35,37)/t24-,28?,31?/m1/s1. The number of benzene rings is 3. The van der Waals surface area contributed by atoms with Crippen LogP contribution in [0.25, 0.3) is 0 Å². The summed E-state index contributed by atoms with van der Waals surface area (Å²) in [6.45, 7) is 4.63. The van der Waals surface area contributed by atoms with Crippen molar-refractivity contribution in [2.45, 2.75) is 64.6 Å². The number of carbonyl (C=O) groups excluding carboxylic acids is 3. The van der Waals surface area contributed by atoms with Crippen LogP contribution in [-0.4, -0.2) is 36.9 Å². The van der Waals surface area contributed by atoms with Gasteiger partial charge in [0.1, 0.15) is 17.6 Å². The van der Waals surface area contributed by atoms with Crippen molar-refractivity contribution in [2.24, 2.45) is 5.92 Å². The number of Topliss-reactive ketones (excluding diaryl/α,β-unsaturated/α-hetero) is 1. The van der Waals surface area contributed by atoms with Gasteiger partial charge in [-0.15, -0.1) is 0 Å². The second-order valence-corrected chi connectivity index (χ2v) is 10.3. The van der Waals surface area contributed by atoms with Crippen LogP contribution >= 0.6 is 0 Å². The Morgan fingerprint density at radius 3 is 2.12 bits per heavy atom. The van der Waals surface area contributed by atoms with Gasteiger partial charge in [0.15, 0.2) is 5.78 Å². The number of amides is 1. The normalized spacial score (nSPS) is 17.2. The average molecular weight is 558 g/mol. The van der Waals surface area contributed by atoms with Crippen LogP contribution in [0.1, 0.15) is 84.8 Å². The molecule has 0 aliphatic heterocycles. The van der Waals surface area contributed by atoms with Crippen LogP contribution in [0, 0.1) is 5.92 Å². The van der Waals surface area contributed by atoms with E-state index in [2.05, 4.69) is 5.32 Å². The Hall–Kier alpha value is -4.13. The number of hydrogen-bond donors (Lipinski definition) is 1. The molecule has 3 aromatic carbocycles. The molecule has 1 fully saturated rings. The summed E-state index contributed by atoms with van der Waals surface area (Å²) in [7, 11) is 0. The second-order valence-electron chi connectivity index (χ2n) is 10.3. The Morgan fingerprint density at radius 2 is 1.46 bits per heavy atom. The molecular formula is C34H39NO6. The van der Waals surface area contributed by atoms with E-state index in [1.54, 1.807) is 36.4 Å². The van der Waals surface area contributed by atoms with E-state index in [0.717, 1.165) is 37.0 Å². The molecule has 1 saturated carbocycles. The second kappa shape index (κ2) is 15.0. The fourth-order valence-electron chi connectivity index (χ4n) is 4.97. The predicted octanol–water partition coefficient (Wildman–Crippen LogP) is 6.72. The van der Waals surface area contributed by atoms with Crippen molar-refractivity contribution in [2.75, 3.05) is 13.2 Å². The molecule has 7 nitrogen and oxygen atoms in total. The summed E-state index contributed by atoms with van der Waals surface area (Å²) < 4.78 is 17.2. The van der Waals surface area contributed by atoms with Crippen LogP contribution in [0.15, 0.2) is 78.9 Å². The summed E-state index contributed by atoms with van der Waals surface area (Å²) in [6.07, 6.45) is 4.00. The minimum Gasteiger partial charge on any atom is -0.490 e. The van der Waals surface area contributed by atoms with E-state index in [0.29, 0.717) is 42.9 Å². The molecule has 0 unspecified atom stereocenters. The van der Waals surface area contributed by atoms with E-state index in [4.69, 9.17) is 14.2 Å². The van der Waals surface area contributed by atoms with Gasteiger partial charge in [0.05, 0.1) is 18.6 Å². The molecule has 0 radical (unpaired) electrons. The first-order valence-electron chi connectivity index (χ1n) is 14.5. The molecule has 1 aliphatic carbocycles. The smallest absolute Gasteiger partial charge is 0.308 e. The van der Waals surface area contributed by atoms with E-state index < -0.39 is 0 Å². The number of ketones is 1. The minimum atomic E-state index is -0.183. The number of hydrogen-bond acceptors (Lipinski definition) is 6. The Labute approximate surface area is 242 Å². The lowest BCUT2D eigenvalue weighted by Gasteiger charge is -2.27. The lowest BCUT2D eigenvalue weighted by Crippen LogP contribution is -2.29. The van der Waals surface area contributed by atoms with E-state index in [9.17, 15) is 14.4 Å². The molecule has 0 saturated heterocycles. The molecule has 0 bridgehead atoms. The molecule has 1 amide bonds. The van der Waals surface area contributed by atoms with Gasteiger partial charge in [-0.1, -0.05) is 30.3 Å². The lowest BCUT2D eigenvalue weighted by atomic mass is 9.87. The minimum absolute atomic E-state index is 0.0229. The highest BCUT2D eigenvalue weighted by atomic mass is 16.5. The summed E-state index contributed by atoms with van der Waals surface area (Å²) in [5, 5.41) is 2.88. The summed E-state index contributed by atoms with van der Waals surface area (Å²) in [4.78, 5) is 37.1. The topological polar surface area (TPSA) is 90.9 Å². The number of esters is 1. The average Bonchev–Trinajstić information content (AvgIpc) is 3.00. The Balaban J connectivity index is 1.14. The summed E-state index contributed by atoms with van der Waals surface area (Å²) >= 11 is 0. The molecule has 216 valence electrons. The van der Waals surface area contributed by atoms with Crippen molar-refractivity contribution >= 4 is 17.7 Å². The van der Waals surface area contributed by atoms with E-state index >= 15 is 0 Å². The van der Waals surface area contributed by atoms with Crippen molar-refractivity contribution < 1.29 is 28.6 Å². The highest BCUT2D eigenvalue weighted by molar-refractivity contribution is 5.96. The van der Waals surface area contributed by atoms with Gasteiger partial charge >= 0.3 is 5.97 Å². The molecule has 1 atom stereocenters. The zero-order chi connectivity index (χ0) is 29.0. The molecular weight excluding hydrogens is 518 g/mol. The van der Waals surface area contributed by atoms with Gasteiger partial charge in [-0.25, -0.2) is 0 Å². The third-order valence-electron chi connectivity index (χ3n) is 7.34. The predicted molar refractivity (Wildman–Crippen MR) is 157 cm³/mol. The zero-order valence-corrected chi connectivity index (χ0v) is 23.8. The molecule has 41 heavy (non-hydrogen) atoms. The van der Waals surface area contributed by atoms with E-state index in [-0.39, 0.29) is 35.8 Å². The van der Waals surface area contributed by atoms with Crippen LogP contribution in [-0.2, 0) is 9.53 Å². The number of carbonyl (C=O) groups is 3. The highest BCUT2D eigenvalue weighted by Crippen LogP contribution is 2.29. The van der Waals surface area contributed by atoms with Gasteiger partial charge < -0.3 is 19.5 Å². The molecule has 0 spiro atoms. The molecule has 7 heteroatoms. The number of rotatable bonds is 13. The SMILES string of the molecule is CCOC(=O)C1CCC(Oc2ccc(C(=O)CCCNC(=O)c3ccc(O[C@H](C)c4ccccc4)cc3)cc2)CC1. The molecule has 0 aromatic heterocycles.